The second-order valence-electron chi connectivity index (χ2n) is 5.09. The first-order valence-electron chi connectivity index (χ1n) is 7.73. The minimum atomic E-state index is -1.42. The fourth-order valence-electron chi connectivity index (χ4n) is 2.12. The summed E-state index contributed by atoms with van der Waals surface area (Å²) < 4.78 is 5.42. The number of aliphatic carboxylic acids is 1. The van der Waals surface area contributed by atoms with Crippen molar-refractivity contribution in [1.82, 2.24) is 5.32 Å². The number of para-hydroxylation sites is 1. The predicted octanol–water partition coefficient (Wildman–Crippen LogP) is 1.57. The van der Waals surface area contributed by atoms with Crippen molar-refractivity contribution < 1.29 is 29.3 Å². The average molecular weight is 378 g/mol. The minimum absolute atomic E-state index is 0.131. The maximum Gasteiger partial charge on any atom is 0.328 e. The molecule has 2 aromatic rings. The largest absolute Gasteiger partial charge is 0.493 e. The molecule has 0 aliphatic rings. The van der Waals surface area contributed by atoms with E-state index in [1.54, 1.807) is 36.6 Å². The van der Waals surface area contributed by atoms with Crippen LogP contribution in [-0.4, -0.2) is 47.3 Å². The second-order valence-corrected chi connectivity index (χ2v) is 6.01. The third-order valence-corrected chi connectivity index (χ3v) is 4.25. The zero-order valence-electron chi connectivity index (χ0n) is 13.9. The number of ether oxygens (including phenoxy) is 1. The van der Waals surface area contributed by atoms with Gasteiger partial charge in [-0.3, -0.25) is 9.59 Å². The Morgan fingerprint density at radius 3 is 2.58 bits per heavy atom. The highest BCUT2D eigenvalue weighted by molar-refractivity contribution is 7.12. The Morgan fingerprint density at radius 2 is 1.92 bits per heavy atom. The molecule has 0 saturated heterocycles. The van der Waals surface area contributed by atoms with E-state index in [9.17, 15) is 14.4 Å². The molecule has 0 fully saturated rings. The van der Waals surface area contributed by atoms with E-state index in [1.165, 1.54) is 6.07 Å². The topological polar surface area (TPSA) is 125 Å². The summed E-state index contributed by atoms with van der Waals surface area (Å²) in [5.74, 6) is -2.10. The molecule has 0 aliphatic carbocycles. The molecule has 0 saturated carbocycles. The molecule has 0 spiro atoms. The van der Waals surface area contributed by atoms with Gasteiger partial charge in [-0.05, 0) is 30.5 Å². The summed E-state index contributed by atoms with van der Waals surface area (Å²) in [6.45, 7) is 1.46. The van der Waals surface area contributed by atoms with Crippen LogP contribution in [0.5, 0.6) is 5.75 Å². The lowest BCUT2D eigenvalue weighted by atomic mass is 10.2. The number of hydrogen-bond acceptors (Lipinski definition) is 6. The summed E-state index contributed by atoms with van der Waals surface area (Å²) in [4.78, 5) is 35.8. The van der Waals surface area contributed by atoms with E-state index in [-0.39, 0.29) is 10.6 Å². The number of rotatable bonds is 8. The Hall–Kier alpha value is -2.91. The van der Waals surface area contributed by atoms with Crippen LogP contribution < -0.4 is 15.4 Å². The highest BCUT2D eigenvalue weighted by Gasteiger charge is 2.23. The van der Waals surface area contributed by atoms with Crippen LogP contribution in [0.25, 0.3) is 0 Å². The number of anilines is 1. The number of carboxylic acids is 1. The molecule has 8 nitrogen and oxygen atoms in total. The van der Waals surface area contributed by atoms with Gasteiger partial charge in [0.2, 0.25) is 0 Å². The van der Waals surface area contributed by atoms with Crippen molar-refractivity contribution >= 4 is 34.8 Å². The van der Waals surface area contributed by atoms with Gasteiger partial charge in [-0.15, -0.1) is 11.3 Å². The average Bonchev–Trinajstić information content (AvgIpc) is 3.08. The molecule has 9 heteroatoms. The van der Waals surface area contributed by atoms with Gasteiger partial charge >= 0.3 is 5.97 Å². The summed E-state index contributed by atoms with van der Waals surface area (Å²) in [5, 5.41) is 24.3. The van der Waals surface area contributed by atoms with Gasteiger partial charge in [0.05, 0.1) is 24.5 Å². The molecule has 1 aromatic carbocycles. The Bertz CT molecular complexity index is 804. The fourth-order valence-corrected chi connectivity index (χ4v) is 2.87. The quantitative estimate of drug-likeness (QED) is 0.553. The van der Waals surface area contributed by atoms with Gasteiger partial charge in [0.15, 0.2) is 6.04 Å². The second kappa shape index (κ2) is 8.97. The number of aliphatic hydroxyl groups excluding tert-OH is 1. The molecule has 138 valence electrons. The molecule has 26 heavy (non-hydrogen) atoms. The lowest BCUT2D eigenvalue weighted by Crippen LogP contribution is -2.43. The van der Waals surface area contributed by atoms with Crippen LogP contribution in [0.15, 0.2) is 35.7 Å². The minimum Gasteiger partial charge on any atom is -0.493 e. The Labute approximate surface area is 153 Å². The number of carbonyl (C=O) groups excluding carboxylic acids is 2. The van der Waals surface area contributed by atoms with E-state index in [1.807, 2.05) is 0 Å². The number of aliphatic hydroxyl groups is 1. The van der Waals surface area contributed by atoms with Crippen LogP contribution in [0.3, 0.4) is 0 Å². The van der Waals surface area contributed by atoms with Crippen LogP contribution in [0.1, 0.15) is 27.0 Å². The predicted molar refractivity (Wildman–Crippen MR) is 95.9 cm³/mol. The standard InChI is InChI=1S/C17H18N2O6S/c1-2-25-13-6-4-3-5-10(13)15(21)18-11-7-8-26-14(11)16(22)19-12(9-20)17(23)24/h3-8,12,20H,2,9H2,1H3,(H,18,21)(H,19,22)(H,23,24). The molecule has 0 bridgehead atoms. The fraction of sp³-hybridized carbons (Fsp3) is 0.235. The van der Waals surface area contributed by atoms with Crippen LogP contribution in [-0.2, 0) is 4.79 Å². The summed E-state index contributed by atoms with van der Waals surface area (Å²) in [5.41, 5.74) is 0.552. The molecule has 0 aliphatic heterocycles. The van der Waals surface area contributed by atoms with Gasteiger partial charge in [-0.2, -0.15) is 0 Å². The maximum absolute atomic E-state index is 12.5. The van der Waals surface area contributed by atoms with Gasteiger partial charge in [-0.1, -0.05) is 12.1 Å². The summed E-state index contributed by atoms with van der Waals surface area (Å²) in [7, 11) is 0. The van der Waals surface area contributed by atoms with Crippen molar-refractivity contribution in [3.05, 3.63) is 46.2 Å². The Morgan fingerprint density at radius 1 is 1.19 bits per heavy atom. The lowest BCUT2D eigenvalue weighted by molar-refractivity contribution is -0.140. The molecular formula is C17H18N2O6S. The Kier molecular flexibility index (Phi) is 6.70. The third kappa shape index (κ3) is 4.58. The number of carboxylic acid groups (broad SMARTS) is 1. The molecule has 4 N–H and O–H groups in total. The van der Waals surface area contributed by atoms with Crippen molar-refractivity contribution in [3.63, 3.8) is 0 Å². The molecule has 1 aromatic heterocycles. The van der Waals surface area contributed by atoms with Crippen molar-refractivity contribution in [2.24, 2.45) is 0 Å². The molecule has 2 rings (SSSR count). The smallest absolute Gasteiger partial charge is 0.328 e. The van der Waals surface area contributed by atoms with Crippen LogP contribution in [0, 0.1) is 0 Å². The lowest BCUT2D eigenvalue weighted by Gasteiger charge is -2.13. The molecular weight excluding hydrogens is 360 g/mol. The SMILES string of the molecule is CCOc1ccccc1C(=O)Nc1ccsc1C(=O)NC(CO)C(=O)O. The molecule has 1 heterocycles. The third-order valence-electron chi connectivity index (χ3n) is 3.34. The van der Waals surface area contributed by atoms with Gasteiger partial charge in [0.1, 0.15) is 10.6 Å². The molecule has 1 atom stereocenters. The normalized spacial score (nSPS) is 11.5. The first-order valence-corrected chi connectivity index (χ1v) is 8.61. The number of carbonyl (C=O) groups is 3. The number of thiophene rings is 1. The highest BCUT2D eigenvalue weighted by atomic mass is 32.1. The van der Waals surface area contributed by atoms with Crippen molar-refractivity contribution in [1.29, 1.82) is 0 Å². The van der Waals surface area contributed by atoms with Gasteiger partial charge in [0, 0.05) is 0 Å². The van der Waals surface area contributed by atoms with Gasteiger partial charge < -0.3 is 25.6 Å². The highest BCUT2D eigenvalue weighted by Crippen LogP contribution is 2.25. The van der Waals surface area contributed by atoms with Crippen LogP contribution in [0.4, 0.5) is 5.69 Å². The van der Waals surface area contributed by atoms with Gasteiger partial charge in [0.25, 0.3) is 11.8 Å². The van der Waals surface area contributed by atoms with Crippen molar-refractivity contribution in [2.75, 3.05) is 18.5 Å². The number of nitrogens with one attached hydrogen (secondary N) is 2. The molecule has 0 radical (unpaired) electrons. The monoisotopic (exact) mass is 378 g/mol. The summed E-state index contributed by atoms with van der Waals surface area (Å²) in [6, 6.07) is 6.81. The van der Waals surface area contributed by atoms with Gasteiger partial charge in [-0.25, -0.2) is 4.79 Å². The Balaban J connectivity index is 2.17. The number of benzene rings is 1. The molecule has 2 amide bonds. The van der Waals surface area contributed by atoms with E-state index in [0.29, 0.717) is 17.9 Å². The van der Waals surface area contributed by atoms with E-state index in [4.69, 9.17) is 14.9 Å². The summed E-state index contributed by atoms with van der Waals surface area (Å²) in [6.07, 6.45) is 0. The maximum atomic E-state index is 12.5. The zero-order chi connectivity index (χ0) is 19.1. The van der Waals surface area contributed by atoms with E-state index < -0.39 is 30.4 Å². The van der Waals surface area contributed by atoms with E-state index in [2.05, 4.69) is 10.6 Å². The van der Waals surface area contributed by atoms with E-state index in [0.717, 1.165) is 11.3 Å². The van der Waals surface area contributed by atoms with Crippen molar-refractivity contribution in [3.8, 4) is 5.75 Å². The van der Waals surface area contributed by atoms with Crippen molar-refractivity contribution in [2.45, 2.75) is 13.0 Å². The molecule has 1 unspecified atom stereocenters. The van der Waals surface area contributed by atoms with E-state index >= 15 is 0 Å². The first-order chi connectivity index (χ1) is 12.5. The summed E-state index contributed by atoms with van der Waals surface area (Å²) >= 11 is 1.04. The first kappa shape index (κ1) is 19.4. The van der Waals surface area contributed by atoms with Crippen LogP contribution in [0.2, 0.25) is 0 Å². The number of amides is 2. The number of hydrogen-bond donors (Lipinski definition) is 4. The van der Waals surface area contributed by atoms with Crippen LogP contribution >= 0.6 is 11.3 Å². The zero-order valence-corrected chi connectivity index (χ0v) is 14.7.